The number of anilines is 1. The van der Waals surface area contributed by atoms with Crippen molar-refractivity contribution in [3.63, 3.8) is 0 Å². The second-order valence-corrected chi connectivity index (χ2v) is 8.83. The molecule has 7 heteroatoms. The van der Waals surface area contributed by atoms with E-state index in [1.165, 1.54) is 19.1 Å². The van der Waals surface area contributed by atoms with Gasteiger partial charge in [0.25, 0.3) is 0 Å². The first kappa shape index (κ1) is 21.5. The summed E-state index contributed by atoms with van der Waals surface area (Å²) in [6.45, 7) is 1.51. The van der Waals surface area contributed by atoms with Crippen molar-refractivity contribution in [2.45, 2.75) is 19.0 Å². The van der Waals surface area contributed by atoms with Gasteiger partial charge in [-0.2, -0.15) is 0 Å². The van der Waals surface area contributed by atoms with Gasteiger partial charge in [-0.1, -0.05) is 60.7 Å². The van der Waals surface area contributed by atoms with Crippen molar-refractivity contribution in [1.29, 1.82) is 0 Å². The summed E-state index contributed by atoms with van der Waals surface area (Å²) in [6, 6.07) is 22.4. The quantitative estimate of drug-likeness (QED) is 0.623. The maximum Gasteiger partial charge on any atom is 0.244 e. The number of rotatable bonds is 7. The highest BCUT2D eigenvalue weighted by Gasteiger charge is 2.30. The van der Waals surface area contributed by atoms with E-state index in [1.807, 2.05) is 60.7 Å². The van der Waals surface area contributed by atoms with Crippen LogP contribution in [0, 0.1) is 5.82 Å². The predicted octanol–water partition coefficient (Wildman–Crippen LogP) is 3.89. The van der Waals surface area contributed by atoms with Crippen LogP contribution < -0.4 is 9.62 Å². The molecule has 5 nitrogen and oxygen atoms in total. The number of amides is 1. The van der Waals surface area contributed by atoms with E-state index in [1.54, 1.807) is 0 Å². The van der Waals surface area contributed by atoms with Gasteiger partial charge in [0.2, 0.25) is 15.9 Å². The Hall–Kier alpha value is -3.19. The molecule has 0 fully saturated rings. The van der Waals surface area contributed by atoms with E-state index < -0.39 is 33.8 Å². The third-order valence-electron chi connectivity index (χ3n) is 4.72. The van der Waals surface area contributed by atoms with E-state index in [0.717, 1.165) is 33.8 Å². The molecule has 0 aliphatic carbocycles. The zero-order valence-corrected chi connectivity index (χ0v) is 17.5. The molecule has 0 saturated heterocycles. The molecule has 30 heavy (non-hydrogen) atoms. The second-order valence-electron chi connectivity index (χ2n) is 6.97. The first-order valence-electron chi connectivity index (χ1n) is 9.42. The number of nitrogens with zero attached hydrogens (tertiary/aromatic N) is 1. The fraction of sp³-hybridized carbons (Fsp3) is 0.174. The molecule has 1 amide bonds. The van der Waals surface area contributed by atoms with Crippen LogP contribution in [-0.2, 0) is 14.8 Å². The summed E-state index contributed by atoms with van der Waals surface area (Å²) in [6.07, 6.45) is 1.02. The van der Waals surface area contributed by atoms with Gasteiger partial charge in [0.1, 0.15) is 11.9 Å². The van der Waals surface area contributed by atoms with Crippen LogP contribution in [0.4, 0.5) is 10.1 Å². The van der Waals surface area contributed by atoms with Gasteiger partial charge in [-0.05, 0) is 42.3 Å². The first-order chi connectivity index (χ1) is 14.3. The van der Waals surface area contributed by atoms with E-state index >= 15 is 0 Å². The zero-order chi connectivity index (χ0) is 21.7. The molecule has 0 spiro atoms. The van der Waals surface area contributed by atoms with Crippen molar-refractivity contribution in [3.8, 4) is 0 Å². The van der Waals surface area contributed by atoms with Gasteiger partial charge >= 0.3 is 0 Å². The predicted molar refractivity (Wildman–Crippen MR) is 116 cm³/mol. The third-order valence-corrected chi connectivity index (χ3v) is 5.96. The van der Waals surface area contributed by atoms with Crippen LogP contribution >= 0.6 is 0 Å². The molecule has 1 N–H and O–H groups in total. The fourth-order valence-corrected chi connectivity index (χ4v) is 4.48. The number of sulfonamides is 1. The van der Waals surface area contributed by atoms with Crippen molar-refractivity contribution in [3.05, 3.63) is 102 Å². The topological polar surface area (TPSA) is 66.5 Å². The average Bonchev–Trinajstić information content (AvgIpc) is 2.73. The minimum atomic E-state index is -3.79. The smallest absolute Gasteiger partial charge is 0.244 e. The van der Waals surface area contributed by atoms with Crippen LogP contribution in [0.3, 0.4) is 0 Å². The van der Waals surface area contributed by atoms with E-state index in [0.29, 0.717) is 0 Å². The molecular weight excluding hydrogens is 403 g/mol. The summed E-state index contributed by atoms with van der Waals surface area (Å²) in [5.41, 5.74) is 1.96. The number of carbonyl (C=O) groups excluding carboxylic acids is 1. The van der Waals surface area contributed by atoms with Crippen molar-refractivity contribution in [1.82, 2.24) is 5.32 Å². The second kappa shape index (κ2) is 9.09. The molecule has 0 aromatic heterocycles. The minimum Gasteiger partial charge on any atom is -0.343 e. The average molecular weight is 427 g/mol. The lowest BCUT2D eigenvalue weighted by Gasteiger charge is -2.30. The molecule has 156 valence electrons. The van der Waals surface area contributed by atoms with Gasteiger partial charge in [-0.15, -0.1) is 0 Å². The maximum absolute atomic E-state index is 13.3. The molecule has 0 heterocycles. The molecule has 1 atom stereocenters. The van der Waals surface area contributed by atoms with Crippen molar-refractivity contribution >= 4 is 21.6 Å². The monoisotopic (exact) mass is 426 g/mol. The van der Waals surface area contributed by atoms with E-state index in [9.17, 15) is 17.6 Å². The fourth-order valence-electron chi connectivity index (χ4n) is 3.31. The Labute approximate surface area is 176 Å². The lowest BCUT2D eigenvalue weighted by molar-refractivity contribution is -0.122. The number of nitrogens with one attached hydrogen (secondary N) is 1. The zero-order valence-electron chi connectivity index (χ0n) is 16.7. The molecule has 0 bridgehead atoms. The highest BCUT2D eigenvalue weighted by molar-refractivity contribution is 7.92. The largest absolute Gasteiger partial charge is 0.343 e. The number of hydrogen-bond acceptors (Lipinski definition) is 3. The van der Waals surface area contributed by atoms with Crippen LogP contribution in [0.2, 0.25) is 0 Å². The standard InChI is InChI=1S/C23H23FN2O3S/c1-17(26(30(2,28)29)21-15-13-20(24)14-16-21)23(27)25-22(18-9-5-3-6-10-18)19-11-7-4-8-12-19/h3-17,22H,1-2H3,(H,25,27)/t17-/m1/s1. The van der Waals surface area contributed by atoms with Gasteiger partial charge < -0.3 is 5.32 Å². The molecule has 0 aliphatic rings. The molecule has 3 aromatic carbocycles. The molecular formula is C23H23FN2O3S. The van der Waals surface area contributed by atoms with Crippen molar-refractivity contribution in [2.24, 2.45) is 0 Å². The summed E-state index contributed by atoms with van der Waals surface area (Å²) in [5.74, 6) is -0.958. The van der Waals surface area contributed by atoms with Gasteiger partial charge in [-0.3, -0.25) is 9.10 Å². The Kier molecular flexibility index (Phi) is 6.52. The van der Waals surface area contributed by atoms with Crippen LogP contribution in [0.1, 0.15) is 24.1 Å². The molecule has 0 aliphatic heterocycles. The van der Waals surface area contributed by atoms with Gasteiger partial charge in [-0.25, -0.2) is 12.8 Å². The van der Waals surface area contributed by atoms with E-state index in [4.69, 9.17) is 0 Å². The molecule has 0 radical (unpaired) electrons. The summed E-state index contributed by atoms with van der Waals surface area (Å²) >= 11 is 0. The SMILES string of the molecule is C[C@H](C(=O)NC(c1ccccc1)c1ccccc1)N(c1ccc(F)cc1)S(C)(=O)=O. The maximum atomic E-state index is 13.3. The van der Waals surface area contributed by atoms with Crippen molar-refractivity contribution in [2.75, 3.05) is 10.6 Å². The van der Waals surface area contributed by atoms with Gasteiger partial charge in [0, 0.05) is 0 Å². The van der Waals surface area contributed by atoms with E-state index in [-0.39, 0.29) is 5.69 Å². The van der Waals surface area contributed by atoms with E-state index in [2.05, 4.69) is 5.32 Å². The molecule has 3 aromatic rings. The van der Waals surface area contributed by atoms with Crippen LogP contribution in [-0.4, -0.2) is 26.6 Å². The van der Waals surface area contributed by atoms with Crippen molar-refractivity contribution < 1.29 is 17.6 Å². The Balaban J connectivity index is 1.93. The summed E-state index contributed by atoms with van der Waals surface area (Å²) < 4.78 is 39.2. The minimum absolute atomic E-state index is 0.220. The lowest BCUT2D eigenvalue weighted by Crippen LogP contribution is -2.48. The first-order valence-corrected chi connectivity index (χ1v) is 11.3. The lowest BCUT2D eigenvalue weighted by atomic mass is 9.98. The number of hydrogen-bond donors (Lipinski definition) is 1. The number of benzene rings is 3. The van der Waals surface area contributed by atoms with Gasteiger partial charge in [0.05, 0.1) is 18.0 Å². The summed E-state index contributed by atoms with van der Waals surface area (Å²) in [7, 11) is -3.79. The summed E-state index contributed by atoms with van der Waals surface area (Å²) in [5, 5.41) is 2.96. The number of carbonyl (C=O) groups is 1. The Morgan fingerprint density at radius 2 is 1.33 bits per heavy atom. The van der Waals surface area contributed by atoms with Crippen LogP contribution in [0.5, 0.6) is 0 Å². The molecule has 0 saturated carbocycles. The Morgan fingerprint density at radius 3 is 1.77 bits per heavy atom. The van der Waals surface area contributed by atoms with Crippen LogP contribution in [0.15, 0.2) is 84.9 Å². The van der Waals surface area contributed by atoms with Gasteiger partial charge in [0.15, 0.2) is 0 Å². The molecule has 3 rings (SSSR count). The number of halogens is 1. The normalized spacial score (nSPS) is 12.4. The third kappa shape index (κ3) is 5.04. The highest BCUT2D eigenvalue weighted by atomic mass is 32.2. The molecule has 0 unspecified atom stereocenters. The Morgan fingerprint density at radius 1 is 0.867 bits per heavy atom. The summed E-state index contributed by atoms with van der Waals surface area (Å²) in [4.78, 5) is 13.1. The Bertz CT molecular complexity index is 1050. The van der Waals surface area contributed by atoms with Crippen LogP contribution in [0.25, 0.3) is 0 Å². The highest BCUT2D eigenvalue weighted by Crippen LogP contribution is 2.24.